The summed E-state index contributed by atoms with van der Waals surface area (Å²) in [6.07, 6.45) is 3.89. The molecule has 0 unspecified atom stereocenters. The van der Waals surface area contributed by atoms with Crippen molar-refractivity contribution in [1.82, 2.24) is 19.3 Å². The van der Waals surface area contributed by atoms with Crippen LogP contribution in [-0.4, -0.2) is 19.9 Å². The summed E-state index contributed by atoms with van der Waals surface area (Å²) in [5, 5.41) is 2.91. The monoisotopic (exact) mass is 350 g/mol. The van der Waals surface area contributed by atoms with Crippen LogP contribution >= 0.6 is 0 Å². The predicted octanol–water partition coefficient (Wildman–Crippen LogP) is 1.95. The molecule has 0 aliphatic rings. The number of aryl methyl sites for hydroxylation is 2. The highest BCUT2D eigenvalue weighted by Gasteiger charge is 2.11. The van der Waals surface area contributed by atoms with Gasteiger partial charge in [0.2, 0.25) is 5.91 Å². The molecular weight excluding hydrogens is 332 g/mol. The Labute approximate surface area is 148 Å². The Morgan fingerprint density at radius 3 is 3.00 bits per heavy atom. The van der Waals surface area contributed by atoms with Crippen LogP contribution in [0.5, 0.6) is 0 Å². The van der Waals surface area contributed by atoms with Gasteiger partial charge < -0.3 is 14.1 Å². The van der Waals surface area contributed by atoms with Gasteiger partial charge >= 0.3 is 5.76 Å². The van der Waals surface area contributed by atoms with E-state index in [0.29, 0.717) is 17.6 Å². The summed E-state index contributed by atoms with van der Waals surface area (Å²) in [5.41, 5.74) is 4.91. The third-order valence-electron chi connectivity index (χ3n) is 4.49. The number of carbonyl (C=O) groups excluding carboxylic acids is 1. The van der Waals surface area contributed by atoms with Gasteiger partial charge in [0.05, 0.1) is 17.6 Å². The average Bonchev–Trinajstić information content (AvgIpc) is 3.16. The van der Waals surface area contributed by atoms with Gasteiger partial charge in [-0.05, 0) is 36.2 Å². The van der Waals surface area contributed by atoms with E-state index in [-0.39, 0.29) is 12.3 Å². The Morgan fingerprint density at radius 2 is 2.15 bits per heavy atom. The van der Waals surface area contributed by atoms with E-state index in [4.69, 9.17) is 4.42 Å². The molecule has 0 aliphatic carbocycles. The number of benzene rings is 1. The minimum atomic E-state index is -0.399. The van der Waals surface area contributed by atoms with E-state index in [1.165, 1.54) is 4.57 Å². The number of rotatable bonds is 4. The van der Waals surface area contributed by atoms with E-state index in [2.05, 4.69) is 10.3 Å². The van der Waals surface area contributed by atoms with E-state index in [1.54, 1.807) is 19.3 Å². The van der Waals surface area contributed by atoms with Crippen LogP contribution in [0.1, 0.15) is 16.8 Å². The molecule has 0 spiro atoms. The second-order valence-electron chi connectivity index (χ2n) is 6.32. The van der Waals surface area contributed by atoms with Crippen molar-refractivity contribution < 1.29 is 9.21 Å². The number of pyridine rings is 1. The molecule has 0 saturated heterocycles. The zero-order valence-electron chi connectivity index (χ0n) is 14.5. The first kappa shape index (κ1) is 16.1. The number of imidazole rings is 1. The Hall–Kier alpha value is -3.35. The van der Waals surface area contributed by atoms with Gasteiger partial charge in [-0.2, -0.15) is 0 Å². The van der Waals surface area contributed by atoms with Gasteiger partial charge in [-0.25, -0.2) is 9.78 Å². The van der Waals surface area contributed by atoms with Gasteiger partial charge in [-0.3, -0.25) is 9.36 Å². The fraction of sp³-hybridized carbons (Fsp3) is 0.211. The van der Waals surface area contributed by atoms with Crippen LogP contribution in [0.15, 0.2) is 51.9 Å². The molecule has 0 bridgehead atoms. The third-order valence-corrected chi connectivity index (χ3v) is 4.49. The van der Waals surface area contributed by atoms with E-state index in [1.807, 2.05) is 41.8 Å². The molecule has 0 saturated carbocycles. The lowest BCUT2D eigenvalue weighted by molar-refractivity contribution is -0.120. The minimum Gasteiger partial charge on any atom is -0.408 e. The van der Waals surface area contributed by atoms with Crippen molar-refractivity contribution in [1.29, 1.82) is 0 Å². The van der Waals surface area contributed by atoms with Gasteiger partial charge in [0, 0.05) is 26.0 Å². The maximum Gasteiger partial charge on any atom is 0.419 e. The molecule has 1 aromatic carbocycles. The number of nitrogens with zero attached hydrogens (tertiary/aromatic N) is 3. The lowest BCUT2D eigenvalue weighted by Crippen LogP contribution is -2.25. The molecule has 7 heteroatoms. The second kappa shape index (κ2) is 6.18. The molecule has 26 heavy (non-hydrogen) atoms. The number of oxazole rings is 1. The first-order chi connectivity index (χ1) is 12.5. The number of nitrogens with one attached hydrogen (secondary N) is 1. The van der Waals surface area contributed by atoms with Crippen LogP contribution in [0.4, 0.5) is 0 Å². The Balaban J connectivity index is 1.47. The molecule has 4 rings (SSSR count). The summed E-state index contributed by atoms with van der Waals surface area (Å²) in [6.45, 7) is 2.37. The summed E-state index contributed by atoms with van der Waals surface area (Å²) < 4.78 is 8.49. The Bertz CT molecular complexity index is 1180. The van der Waals surface area contributed by atoms with E-state index >= 15 is 0 Å². The van der Waals surface area contributed by atoms with Crippen molar-refractivity contribution in [2.24, 2.45) is 7.05 Å². The average molecular weight is 350 g/mol. The zero-order valence-corrected chi connectivity index (χ0v) is 14.5. The molecule has 0 fully saturated rings. The number of hydrogen-bond donors (Lipinski definition) is 1. The van der Waals surface area contributed by atoms with Crippen LogP contribution < -0.4 is 11.1 Å². The van der Waals surface area contributed by atoms with Crippen LogP contribution in [0.25, 0.3) is 16.7 Å². The molecule has 1 N–H and O–H groups in total. The molecule has 7 nitrogen and oxygen atoms in total. The molecular formula is C19H18N4O3. The van der Waals surface area contributed by atoms with Crippen molar-refractivity contribution >= 4 is 22.7 Å². The smallest absolute Gasteiger partial charge is 0.408 e. The first-order valence-electron chi connectivity index (χ1n) is 8.29. The fourth-order valence-corrected chi connectivity index (χ4v) is 3.04. The number of amides is 1. The van der Waals surface area contributed by atoms with E-state index in [9.17, 15) is 9.59 Å². The molecule has 1 amide bonds. The summed E-state index contributed by atoms with van der Waals surface area (Å²) in [4.78, 5) is 28.2. The van der Waals surface area contributed by atoms with Gasteiger partial charge in [-0.15, -0.1) is 0 Å². The van der Waals surface area contributed by atoms with Crippen LogP contribution in [-0.2, 0) is 24.8 Å². The standard InChI is InChI=1S/C19H18N4O3/c1-12-4-3-7-23-14(11-21-18(12)23)9-17(24)20-10-13-5-6-16-15(8-13)22(2)19(25)26-16/h3-8,11H,9-10H2,1-2H3,(H,20,24). The molecule has 0 aliphatic heterocycles. The van der Waals surface area contributed by atoms with Crippen molar-refractivity contribution in [3.05, 3.63) is 70.1 Å². The van der Waals surface area contributed by atoms with Gasteiger partial charge in [0.15, 0.2) is 5.58 Å². The molecule has 0 atom stereocenters. The third kappa shape index (κ3) is 2.77. The highest BCUT2D eigenvalue weighted by molar-refractivity contribution is 5.79. The predicted molar refractivity (Wildman–Crippen MR) is 96.9 cm³/mol. The van der Waals surface area contributed by atoms with Crippen LogP contribution in [0, 0.1) is 6.92 Å². The second-order valence-corrected chi connectivity index (χ2v) is 6.32. The molecule has 3 aromatic heterocycles. The molecule has 4 aromatic rings. The largest absolute Gasteiger partial charge is 0.419 e. The zero-order chi connectivity index (χ0) is 18.3. The summed E-state index contributed by atoms with van der Waals surface area (Å²) >= 11 is 0. The Kier molecular flexibility index (Phi) is 3.84. The Morgan fingerprint density at radius 1 is 1.31 bits per heavy atom. The summed E-state index contributed by atoms with van der Waals surface area (Å²) in [5.74, 6) is -0.487. The lowest BCUT2D eigenvalue weighted by atomic mass is 10.2. The topological polar surface area (TPSA) is 81.5 Å². The highest BCUT2D eigenvalue weighted by Crippen LogP contribution is 2.14. The van der Waals surface area contributed by atoms with Gasteiger partial charge in [0.1, 0.15) is 5.65 Å². The van der Waals surface area contributed by atoms with Gasteiger partial charge in [-0.1, -0.05) is 12.1 Å². The van der Waals surface area contributed by atoms with Gasteiger partial charge in [0.25, 0.3) is 0 Å². The minimum absolute atomic E-state index is 0.0884. The molecule has 132 valence electrons. The number of aromatic nitrogens is 3. The quantitative estimate of drug-likeness (QED) is 0.610. The maximum absolute atomic E-state index is 12.3. The normalized spacial score (nSPS) is 11.3. The SMILES string of the molecule is Cc1cccn2c(CC(=O)NCc3ccc4oc(=O)n(C)c4c3)cnc12. The summed E-state index contributed by atoms with van der Waals surface area (Å²) in [6, 6.07) is 9.36. The lowest BCUT2D eigenvalue weighted by Gasteiger charge is -2.06. The van der Waals surface area contributed by atoms with E-state index in [0.717, 1.165) is 22.5 Å². The fourth-order valence-electron chi connectivity index (χ4n) is 3.04. The maximum atomic E-state index is 12.3. The highest BCUT2D eigenvalue weighted by atomic mass is 16.4. The number of carbonyl (C=O) groups is 1. The molecule has 3 heterocycles. The molecule has 0 radical (unpaired) electrons. The van der Waals surface area contributed by atoms with E-state index < -0.39 is 5.76 Å². The van der Waals surface area contributed by atoms with Crippen molar-refractivity contribution in [2.75, 3.05) is 0 Å². The van der Waals surface area contributed by atoms with Crippen LogP contribution in [0.2, 0.25) is 0 Å². The van der Waals surface area contributed by atoms with Crippen molar-refractivity contribution in [2.45, 2.75) is 19.9 Å². The summed E-state index contributed by atoms with van der Waals surface area (Å²) in [7, 11) is 1.66. The number of fused-ring (bicyclic) bond motifs is 2. The van der Waals surface area contributed by atoms with Crippen molar-refractivity contribution in [3.8, 4) is 0 Å². The number of hydrogen-bond acceptors (Lipinski definition) is 4. The van der Waals surface area contributed by atoms with Crippen molar-refractivity contribution in [3.63, 3.8) is 0 Å². The van der Waals surface area contributed by atoms with Crippen LogP contribution in [0.3, 0.4) is 0 Å². The first-order valence-corrected chi connectivity index (χ1v) is 8.29.